The van der Waals surface area contributed by atoms with Crippen LogP contribution in [0.25, 0.3) is 0 Å². The third kappa shape index (κ3) is 15.6. The Kier molecular flexibility index (Phi) is 11.4. The van der Waals surface area contributed by atoms with Gasteiger partial charge in [0.1, 0.15) is 0 Å². The van der Waals surface area contributed by atoms with Crippen molar-refractivity contribution in [2.75, 3.05) is 60.0 Å². The van der Waals surface area contributed by atoms with Gasteiger partial charge in [-0.05, 0) is 0 Å². The van der Waals surface area contributed by atoms with Crippen molar-refractivity contribution in [3.8, 4) is 0 Å². The molecule has 110 valence electrons. The zero-order valence-electron chi connectivity index (χ0n) is 10.3. The molecule has 0 N–H and O–H groups in total. The van der Waals surface area contributed by atoms with Crippen LogP contribution in [0.5, 0.6) is 0 Å². The van der Waals surface area contributed by atoms with Gasteiger partial charge in [-0.15, -0.1) is 13.2 Å². The van der Waals surface area contributed by atoms with Crippen LogP contribution in [-0.4, -0.2) is 66.3 Å². The predicted molar refractivity (Wildman–Crippen MR) is 56.3 cm³/mol. The lowest BCUT2D eigenvalue weighted by molar-refractivity contribution is -0.327. The van der Waals surface area contributed by atoms with E-state index in [1.54, 1.807) is 7.11 Å². The summed E-state index contributed by atoms with van der Waals surface area (Å²) in [6.45, 7) is 1.79. The second-order valence-corrected chi connectivity index (χ2v) is 3.12. The van der Waals surface area contributed by atoms with Crippen LogP contribution in [0.2, 0.25) is 0 Å². The van der Waals surface area contributed by atoms with Crippen molar-refractivity contribution in [3.63, 3.8) is 0 Å². The van der Waals surface area contributed by atoms with Gasteiger partial charge in [0.05, 0.1) is 52.9 Å². The minimum Gasteiger partial charge on any atom is -0.382 e. The average Bonchev–Trinajstić information content (AvgIpc) is 2.29. The second kappa shape index (κ2) is 11.7. The van der Waals surface area contributed by atoms with Crippen molar-refractivity contribution in [1.29, 1.82) is 0 Å². The van der Waals surface area contributed by atoms with Crippen molar-refractivity contribution in [1.82, 2.24) is 0 Å². The molecule has 0 aromatic rings. The van der Waals surface area contributed by atoms with E-state index >= 15 is 0 Å². The minimum atomic E-state index is -4.60. The van der Waals surface area contributed by atoms with Crippen LogP contribution in [-0.2, 0) is 23.7 Å². The van der Waals surface area contributed by atoms with Crippen LogP contribution in [0.3, 0.4) is 0 Å². The topological polar surface area (TPSA) is 46.2 Å². The number of ether oxygens (including phenoxy) is 5. The molecular weight excluding hydrogens is 257 g/mol. The van der Waals surface area contributed by atoms with E-state index in [-0.39, 0.29) is 13.2 Å². The molecule has 0 radical (unpaired) electrons. The number of alkyl halides is 3. The maximum Gasteiger partial charge on any atom is 0.522 e. The number of methoxy groups -OCH3 is 1. The maximum absolute atomic E-state index is 11.5. The van der Waals surface area contributed by atoms with Gasteiger partial charge in [-0.3, -0.25) is 4.74 Å². The highest BCUT2D eigenvalue weighted by atomic mass is 19.4. The highest BCUT2D eigenvalue weighted by Gasteiger charge is 2.28. The van der Waals surface area contributed by atoms with Gasteiger partial charge in [-0.2, -0.15) is 0 Å². The van der Waals surface area contributed by atoms with E-state index in [4.69, 9.17) is 18.9 Å². The van der Waals surface area contributed by atoms with Gasteiger partial charge in [0.15, 0.2) is 0 Å². The lowest BCUT2D eigenvalue weighted by atomic mass is 10.7. The van der Waals surface area contributed by atoms with Crippen molar-refractivity contribution < 1.29 is 36.9 Å². The Bertz CT molecular complexity index is 177. The lowest BCUT2D eigenvalue weighted by Gasteiger charge is -2.08. The molecule has 0 rings (SSSR count). The summed E-state index contributed by atoms with van der Waals surface area (Å²) in [7, 11) is 1.58. The first-order valence-corrected chi connectivity index (χ1v) is 5.49. The quantitative estimate of drug-likeness (QED) is 0.502. The number of halogens is 3. The fraction of sp³-hybridized carbons (Fsp3) is 1.00. The molecule has 0 aliphatic heterocycles. The highest BCUT2D eigenvalue weighted by Crippen LogP contribution is 2.15. The summed E-state index contributed by atoms with van der Waals surface area (Å²) in [5.74, 6) is 0. The SMILES string of the molecule is COCCOCCOCCOCCOC(F)(F)F. The Hall–Kier alpha value is -0.410. The molecule has 0 saturated carbocycles. The van der Waals surface area contributed by atoms with Crippen molar-refractivity contribution >= 4 is 0 Å². The Morgan fingerprint density at radius 3 is 1.44 bits per heavy atom. The molecule has 0 aromatic heterocycles. The molecule has 0 spiro atoms. The van der Waals surface area contributed by atoms with E-state index < -0.39 is 13.0 Å². The highest BCUT2D eigenvalue weighted by molar-refractivity contribution is 4.35. The van der Waals surface area contributed by atoms with Crippen LogP contribution in [0, 0.1) is 0 Å². The van der Waals surface area contributed by atoms with Gasteiger partial charge in [0.2, 0.25) is 0 Å². The zero-order valence-corrected chi connectivity index (χ0v) is 10.3. The summed E-state index contributed by atoms with van der Waals surface area (Å²) in [6, 6.07) is 0. The molecule has 0 aliphatic rings. The molecule has 0 aliphatic carbocycles. The summed E-state index contributed by atoms with van der Waals surface area (Å²) in [5, 5.41) is 0. The van der Waals surface area contributed by atoms with Crippen LogP contribution < -0.4 is 0 Å². The van der Waals surface area contributed by atoms with E-state index in [2.05, 4.69) is 4.74 Å². The summed E-state index contributed by atoms with van der Waals surface area (Å²) < 4.78 is 58.0. The number of rotatable bonds is 12. The van der Waals surface area contributed by atoms with Gasteiger partial charge in [0.25, 0.3) is 0 Å². The monoisotopic (exact) mass is 276 g/mol. The third-order valence-corrected chi connectivity index (χ3v) is 1.67. The first-order chi connectivity index (χ1) is 8.56. The lowest BCUT2D eigenvalue weighted by Crippen LogP contribution is -2.18. The largest absolute Gasteiger partial charge is 0.522 e. The van der Waals surface area contributed by atoms with Gasteiger partial charge in [-0.1, -0.05) is 0 Å². The number of hydrogen-bond donors (Lipinski definition) is 0. The van der Waals surface area contributed by atoms with E-state index in [9.17, 15) is 13.2 Å². The summed E-state index contributed by atoms with van der Waals surface area (Å²) >= 11 is 0. The fourth-order valence-electron chi connectivity index (χ4n) is 0.900. The van der Waals surface area contributed by atoms with Crippen molar-refractivity contribution in [2.45, 2.75) is 6.36 Å². The molecule has 0 amide bonds. The van der Waals surface area contributed by atoms with Gasteiger partial charge < -0.3 is 18.9 Å². The Labute approximate surface area is 104 Å². The summed E-state index contributed by atoms with van der Waals surface area (Å²) in [4.78, 5) is 0. The van der Waals surface area contributed by atoms with E-state index in [1.165, 1.54) is 0 Å². The molecule has 8 heteroatoms. The third-order valence-electron chi connectivity index (χ3n) is 1.67. The van der Waals surface area contributed by atoms with Crippen LogP contribution in [0.1, 0.15) is 0 Å². The number of hydrogen-bond acceptors (Lipinski definition) is 5. The standard InChI is InChI=1S/C10H19F3O5/c1-14-2-3-15-4-5-16-6-7-17-8-9-18-10(11,12)13/h2-9H2,1H3. The van der Waals surface area contributed by atoms with Gasteiger partial charge in [-0.25, -0.2) is 0 Å². The van der Waals surface area contributed by atoms with E-state index in [0.717, 1.165) is 0 Å². The molecule has 5 nitrogen and oxygen atoms in total. The van der Waals surface area contributed by atoms with Crippen LogP contribution >= 0.6 is 0 Å². The molecule has 0 aromatic carbocycles. The molecule has 0 fully saturated rings. The molecular formula is C10H19F3O5. The Morgan fingerprint density at radius 1 is 0.667 bits per heavy atom. The average molecular weight is 276 g/mol. The second-order valence-electron chi connectivity index (χ2n) is 3.12. The smallest absolute Gasteiger partial charge is 0.382 e. The summed E-state index contributed by atoms with van der Waals surface area (Å²) in [5.41, 5.74) is 0. The van der Waals surface area contributed by atoms with E-state index in [0.29, 0.717) is 33.0 Å². The van der Waals surface area contributed by atoms with Crippen LogP contribution in [0.15, 0.2) is 0 Å². The Balaban J connectivity index is 2.99. The molecule has 0 heterocycles. The first-order valence-electron chi connectivity index (χ1n) is 5.49. The summed E-state index contributed by atoms with van der Waals surface area (Å²) in [6.07, 6.45) is -4.60. The molecule has 18 heavy (non-hydrogen) atoms. The normalized spacial score (nSPS) is 12.0. The van der Waals surface area contributed by atoms with Crippen molar-refractivity contribution in [2.24, 2.45) is 0 Å². The van der Waals surface area contributed by atoms with Gasteiger partial charge in [0, 0.05) is 7.11 Å². The molecule has 0 bridgehead atoms. The predicted octanol–water partition coefficient (Wildman–Crippen LogP) is 1.22. The first kappa shape index (κ1) is 17.6. The minimum absolute atomic E-state index is 0.118. The zero-order chi connectivity index (χ0) is 13.7. The molecule has 0 saturated heterocycles. The van der Waals surface area contributed by atoms with Crippen molar-refractivity contribution in [3.05, 3.63) is 0 Å². The Morgan fingerprint density at radius 2 is 1.06 bits per heavy atom. The molecule has 0 unspecified atom stereocenters. The van der Waals surface area contributed by atoms with Crippen LogP contribution in [0.4, 0.5) is 13.2 Å². The molecule has 0 atom stereocenters. The van der Waals surface area contributed by atoms with E-state index in [1.807, 2.05) is 0 Å². The fourth-order valence-corrected chi connectivity index (χ4v) is 0.900. The maximum atomic E-state index is 11.5. The van der Waals surface area contributed by atoms with Gasteiger partial charge >= 0.3 is 6.36 Å².